The van der Waals surface area contributed by atoms with Gasteiger partial charge in [0.25, 0.3) is 0 Å². The van der Waals surface area contributed by atoms with E-state index < -0.39 is 0 Å². The molecule has 0 spiro atoms. The maximum absolute atomic E-state index is 6.23. The van der Waals surface area contributed by atoms with Gasteiger partial charge in [0.05, 0.1) is 0 Å². The Morgan fingerprint density at radius 3 is 2.10 bits per heavy atom. The Morgan fingerprint density at radius 2 is 1.53 bits per heavy atom. The van der Waals surface area contributed by atoms with Crippen molar-refractivity contribution in [2.45, 2.75) is 109 Å². The lowest BCUT2D eigenvalue weighted by Crippen LogP contribution is -2.61. The third kappa shape index (κ3) is 3.77. The molecular formula is C28H42ClN. The maximum Gasteiger partial charge on any atom is 0.0406 e. The van der Waals surface area contributed by atoms with Gasteiger partial charge in [0.2, 0.25) is 0 Å². The van der Waals surface area contributed by atoms with Gasteiger partial charge in [-0.25, -0.2) is 0 Å². The molecule has 5 saturated carbocycles. The number of nitrogens with one attached hydrogen (secondary N) is 1. The second-order valence-electron chi connectivity index (χ2n) is 12.9. The van der Waals surface area contributed by atoms with Gasteiger partial charge in [-0.2, -0.15) is 0 Å². The minimum atomic E-state index is 0.411. The van der Waals surface area contributed by atoms with Crippen molar-refractivity contribution in [2.24, 2.45) is 28.6 Å². The van der Waals surface area contributed by atoms with E-state index in [1.165, 1.54) is 64.2 Å². The van der Waals surface area contributed by atoms with Gasteiger partial charge < -0.3 is 5.32 Å². The van der Waals surface area contributed by atoms with Gasteiger partial charge >= 0.3 is 0 Å². The van der Waals surface area contributed by atoms with Crippen molar-refractivity contribution in [3.05, 3.63) is 34.9 Å². The summed E-state index contributed by atoms with van der Waals surface area (Å²) in [6.45, 7) is 9.83. The fourth-order valence-corrected chi connectivity index (χ4v) is 8.76. The van der Waals surface area contributed by atoms with Crippen molar-refractivity contribution in [3.63, 3.8) is 0 Å². The zero-order valence-electron chi connectivity index (χ0n) is 19.6. The molecule has 166 valence electrons. The molecule has 6 rings (SSSR count). The number of rotatable bonds is 4. The van der Waals surface area contributed by atoms with Crippen molar-refractivity contribution >= 4 is 11.6 Å². The fourth-order valence-electron chi connectivity index (χ4n) is 8.64. The lowest BCUT2D eigenvalue weighted by molar-refractivity contribution is -0.0904. The molecule has 4 bridgehead atoms. The monoisotopic (exact) mass is 427 g/mol. The molecule has 30 heavy (non-hydrogen) atoms. The van der Waals surface area contributed by atoms with E-state index in [0.717, 1.165) is 28.8 Å². The topological polar surface area (TPSA) is 12.0 Å². The largest absolute Gasteiger partial charge is 0.311 e. The van der Waals surface area contributed by atoms with Crippen LogP contribution in [0.3, 0.4) is 0 Å². The van der Waals surface area contributed by atoms with Crippen molar-refractivity contribution in [1.82, 2.24) is 5.32 Å². The van der Waals surface area contributed by atoms with Crippen LogP contribution in [0.5, 0.6) is 0 Å². The molecule has 0 radical (unpaired) electrons. The van der Waals surface area contributed by atoms with Crippen molar-refractivity contribution in [1.29, 1.82) is 0 Å². The molecule has 3 atom stereocenters. The first-order valence-corrected chi connectivity index (χ1v) is 13.1. The Kier molecular flexibility index (Phi) is 5.34. The van der Waals surface area contributed by atoms with Gasteiger partial charge in [-0.15, -0.1) is 0 Å². The van der Waals surface area contributed by atoms with Crippen LogP contribution in [0.25, 0.3) is 0 Å². The molecule has 1 aromatic carbocycles. The number of hydrogen-bond donors (Lipinski definition) is 1. The van der Waals surface area contributed by atoms with E-state index in [-0.39, 0.29) is 0 Å². The average molecular weight is 428 g/mol. The van der Waals surface area contributed by atoms with Gasteiger partial charge in [0.15, 0.2) is 0 Å². The molecule has 1 N–H and O–H groups in total. The summed E-state index contributed by atoms with van der Waals surface area (Å²) in [5.74, 6) is 2.77. The molecule has 0 amide bonds. The summed E-state index contributed by atoms with van der Waals surface area (Å²) in [6.07, 6.45) is 14.2. The average Bonchev–Trinajstić information content (AvgIpc) is 2.67. The summed E-state index contributed by atoms with van der Waals surface area (Å²) in [4.78, 5) is 0. The van der Waals surface area contributed by atoms with Crippen LogP contribution in [0, 0.1) is 28.6 Å². The van der Waals surface area contributed by atoms with Crippen LogP contribution in [0.15, 0.2) is 24.3 Å². The van der Waals surface area contributed by atoms with Gasteiger partial charge in [-0.3, -0.25) is 0 Å². The van der Waals surface area contributed by atoms with Gasteiger partial charge in [-0.1, -0.05) is 44.5 Å². The smallest absolute Gasteiger partial charge is 0.0406 e. The summed E-state index contributed by atoms with van der Waals surface area (Å²) < 4.78 is 0. The standard InChI is InChI=1S/C28H42ClN/c1-19(30-25-11-7-22(8-12-25)26(2,3)4)27-14-20-13-21(15-27)17-28(16-20,18-27)23-5-9-24(29)10-6-23/h5-6,9-10,19-22,25,30H,7-8,11-18H2,1-4H3/t19-,20-,21-,22?,25?,27?,28?/m1/s1. The lowest BCUT2D eigenvalue weighted by Gasteiger charge is -2.64. The van der Waals surface area contributed by atoms with Crippen molar-refractivity contribution in [2.75, 3.05) is 0 Å². The van der Waals surface area contributed by atoms with E-state index in [9.17, 15) is 0 Å². The zero-order valence-corrected chi connectivity index (χ0v) is 20.4. The summed E-state index contributed by atoms with van der Waals surface area (Å²) in [7, 11) is 0. The fraction of sp³-hybridized carbons (Fsp3) is 0.786. The van der Waals surface area contributed by atoms with E-state index >= 15 is 0 Å². The lowest BCUT2D eigenvalue weighted by atomic mass is 9.41. The Balaban J connectivity index is 1.31. The zero-order chi connectivity index (χ0) is 21.1. The molecule has 5 fully saturated rings. The molecule has 0 heterocycles. The molecule has 1 nitrogen and oxygen atoms in total. The summed E-state index contributed by atoms with van der Waals surface area (Å²) in [5.41, 5.74) is 2.96. The first-order chi connectivity index (χ1) is 14.2. The van der Waals surface area contributed by atoms with E-state index in [2.05, 4.69) is 57.3 Å². The number of benzene rings is 1. The van der Waals surface area contributed by atoms with E-state index in [4.69, 9.17) is 11.6 Å². The van der Waals surface area contributed by atoms with Crippen LogP contribution in [0.1, 0.15) is 97.5 Å². The van der Waals surface area contributed by atoms with Crippen LogP contribution < -0.4 is 5.32 Å². The van der Waals surface area contributed by atoms with Crippen LogP contribution >= 0.6 is 11.6 Å². The normalized spacial score (nSPS) is 41.8. The molecule has 1 aromatic rings. The summed E-state index contributed by atoms with van der Waals surface area (Å²) in [6, 6.07) is 10.3. The molecule has 0 aliphatic heterocycles. The minimum absolute atomic E-state index is 0.411. The molecule has 5 aliphatic carbocycles. The minimum Gasteiger partial charge on any atom is -0.311 e. The van der Waals surface area contributed by atoms with E-state index in [1.807, 2.05) is 0 Å². The van der Waals surface area contributed by atoms with Gasteiger partial charge in [0.1, 0.15) is 0 Å². The van der Waals surface area contributed by atoms with E-state index in [1.54, 1.807) is 5.56 Å². The Bertz CT molecular complexity index is 738. The van der Waals surface area contributed by atoms with Crippen molar-refractivity contribution in [3.8, 4) is 0 Å². The van der Waals surface area contributed by atoms with E-state index in [0.29, 0.717) is 22.3 Å². The maximum atomic E-state index is 6.23. The molecular weight excluding hydrogens is 386 g/mol. The first kappa shape index (κ1) is 21.3. The first-order valence-electron chi connectivity index (χ1n) is 12.7. The van der Waals surface area contributed by atoms with Crippen LogP contribution in [0.4, 0.5) is 0 Å². The summed E-state index contributed by atoms with van der Waals surface area (Å²) in [5, 5.41) is 5.08. The molecule has 0 aromatic heterocycles. The Morgan fingerprint density at radius 1 is 0.933 bits per heavy atom. The van der Waals surface area contributed by atoms with Crippen LogP contribution in [0.2, 0.25) is 5.02 Å². The molecule has 0 saturated heterocycles. The highest BCUT2D eigenvalue weighted by Gasteiger charge is 2.59. The van der Waals surface area contributed by atoms with Gasteiger partial charge in [-0.05, 0) is 123 Å². The number of hydrogen-bond acceptors (Lipinski definition) is 1. The third-order valence-corrected chi connectivity index (χ3v) is 10.2. The Hall–Kier alpha value is -0.530. The quantitative estimate of drug-likeness (QED) is 0.517. The third-order valence-electron chi connectivity index (χ3n) is 9.92. The summed E-state index contributed by atoms with van der Waals surface area (Å²) >= 11 is 6.23. The molecule has 5 aliphatic rings. The SMILES string of the molecule is C[C@@H](NC1CCC(C(C)(C)C)CC1)C12C[C@H]3C[C@@H](CC(c4ccc(Cl)cc4)(C3)C1)C2. The van der Waals surface area contributed by atoms with Crippen LogP contribution in [-0.2, 0) is 5.41 Å². The van der Waals surface area contributed by atoms with Crippen LogP contribution in [-0.4, -0.2) is 12.1 Å². The Labute approximate surface area is 189 Å². The predicted octanol–water partition coefficient (Wildman–Crippen LogP) is 7.76. The van der Waals surface area contributed by atoms with Gasteiger partial charge in [0, 0.05) is 17.1 Å². The second kappa shape index (κ2) is 7.51. The highest BCUT2D eigenvalue weighted by atomic mass is 35.5. The predicted molar refractivity (Wildman–Crippen MR) is 128 cm³/mol. The molecule has 2 heteroatoms. The highest BCUT2D eigenvalue weighted by molar-refractivity contribution is 6.30. The van der Waals surface area contributed by atoms with Crippen molar-refractivity contribution < 1.29 is 0 Å². The number of halogens is 1. The molecule has 0 unspecified atom stereocenters. The second-order valence-corrected chi connectivity index (χ2v) is 13.3. The highest BCUT2D eigenvalue weighted by Crippen LogP contribution is 2.66.